The Balaban J connectivity index is 1.82. The molecule has 6 nitrogen and oxygen atoms in total. The number of guanidine groups is 1. The molecule has 0 saturated heterocycles. The van der Waals surface area contributed by atoms with Crippen LogP contribution in [-0.2, 0) is 10.0 Å². The van der Waals surface area contributed by atoms with Gasteiger partial charge in [0.15, 0.2) is 5.96 Å². The number of rotatable bonds is 7. The number of thiophene rings is 1. The Labute approximate surface area is 153 Å². The average Bonchev–Trinajstić information content (AvgIpc) is 3.13. The molecular weight excluding hydrogens is 356 g/mol. The maximum absolute atomic E-state index is 12.0. The number of aryl methyl sites for hydroxylation is 1. The number of aliphatic imine (C=N–C) groups is 1. The first-order chi connectivity index (χ1) is 11.9. The zero-order valence-electron chi connectivity index (χ0n) is 14.6. The molecule has 1 heterocycles. The van der Waals surface area contributed by atoms with Crippen LogP contribution in [0.4, 0.5) is 0 Å². The van der Waals surface area contributed by atoms with E-state index >= 15 is 0 Å². The van der Waals surface area contributed by atoms with Crippen LogP contribution in [-0.4, -0.2) is 34.5 Å². The van der Waals surface area contributed by atoms with Crippen LogP contribution < -0.4 is 15.4 Å². The summed E-state index contributed by atoms with van der Waals surface area (Å²) in [5.74, 6) is 0.631. The first-order valence-electron chi connectivity index (χ1n) is 8.00. The smallest absolute Gasteiger partial charge is 0.250 e. The molecule has 136 valence electrons. The minimum Gasteiger partial charge on any atom is -0.355 e. The van der Waals surface area contributed by atoms with E-state index in [0.29, 0.717) is 16.7 Å². The SMILES string of the molecule is CN=C(NCCNS(=O)(=O)c1cccs1)NC(C)c1ccccc1C. The number of hydrogen-bond donors (Lipinski definition) is 3. The lowest BCUT2D eigenvalue weighted by Crippen LogP contribution is -2.42. The number of sulfonamides is 1. The van der Waals surface area contributed by atoms with E-state index in [9.17, 15) is 8.42 Å². The highest BCUT2D eigenvalue weighted by molar-refractivity contribution is 7.91. The van der Waals surface area contributed by atoms with Crippen LogP contribution in [0.15, 0.2) is 51.0 Å². The van der Waals surface area contributed by atoms with Gasteiger partial charge < -0.3 is 10.6 Å². The molecule has 25 heavy (non-hydrogen) atoms. The van der Waals surface area contributed by atoms with Gasteiger partial charge in [0.05, 0.1) is 6.04 Å². The molecule has 0 fully saturated rings. The van der Waals surface area contributed by atoms with Crippen molar-refractivity contribution in [1.82, 2.24) is 15.4 Å². The second kappa shape index (κ2) is 8.98. The van der Waals surface area contributed by atoms with Crippen molar-refractivity contribution in [3.05, 3.63) is 52.9 Å². The predicted molar refractivity (Wildman–Crippen MR) is 104 cm³/mol. The molecule has 8 heteroatoms. The van der Waals surface area contributed by atoms with Gasteiger partial charge in [-0.25, -0.2) is 13.1 Å². The van der Waals surface area contributed by atoms with Crippen molar-refractivity contribution in [3.63, 3.8) is 0 Å². The minimum atomic E-state index is -3.43. The predicted octanol–water partition coefficient (Wildman–Crippen LogP) is 2.26. The molecule has 1 unspecified atom stereocenters. The molecule has 1 aromatic heterocycles. The lowest BCUT2D eigenvalue weighted by Gasteiger charge is -2.20. The summed E-state index contributed by atoms with van der Waals surface area (Å²) < 4.78 is 27.0. The summed E-state index contributed by atoms with van der Waals surface area (Å²) in [4.78, 5) is 4.19. The van der Waals surface area contributed by atoms with Crippen LogP contribution in [0.3, 0.4) is 0 Å². The fourth-order valence-electron chi connectivity index (χ4n) is 2.40. The lowest BCUT2D eigenvalue weighted by atomic mass is 10.0. The highest BCUT2D eigenvalue weighted by Crippen LogP contribution is 2.16. The first kappa shape index (κ1) is 19.4. The van der Waals surface area contributed by atoms with Gasteiger partial charge >= 0.3 is 0 Å². The van der Waals surface area contributed by atoms with E-state index in [0.717, 1.165) is 0 Å². The highest BCUT2D eigenvalue weighted by atomic mass is 32.2. The number of benzene rings is 1. The van der Waals surface area contributed by atoms with Gasteiger partial charge in [-0.05, 0) is 36.4 Å². The standard InChI is InChI=1S/C17H24N4O2S2/c1-13-7-4-5-8-15(13)14(2)21-17(18-3)19-10-11-20-25(22,23)16-9-6-12-24-16/h4-9,12,14,20H,10-11H2,1-3H3,(H2,18,19,21). The second-order valence-corrected chi connectivity index (χ2v) is 8.49. The molecule has 0 aliphatic carbocycles. The molecule has 0 aliphatic rings. The quantitative estimate of drug-likeness (QED) is 0.391. The molecule has 0 amide bonds. The second-order valence-electron chi connectivity index (χ2n) is 5.55. The van der Waals surface area contributed by atoms with Crippen molar-refractivity contribution in [2.24, 2.45) is 4.99 Å². The molecule has 0 saturated carbocycles. The fraction of sp³-hybridized carbons (Fsp3) is 0.353. The number of hydrogen-bond acceptors (Lipinski definition) is 4. The summed E-state index contributed by atoms with van der Waals surface area (Å²) in [5, 5.41) is 8.18. The molecule has 0 aliphatic heterocycles. The van der Waals surface area contributed by atoms with E-state index in [1.807, 2.05) is 12.1 Å². The zero-order chi connectivity index (χ0) is 18.3. The van der Waals surface area contributed by atoms with Gasteiger partial charge in [0.2, 0.25) is 10.0 Å². The van der Waals surface area contributed by atoms with E-state index in [-0.39, 0.29) is 12.6 Å². The van der Waals surface area contributed by atoms with Crippen molar-refractivity contribution in [2.75, 3.05) is 20.1 Å². The van der Waals surface area contributed by atoms with Crippen molar-refractivity contribution in [2.45, 2.75) is 24.1 Å². The summed E-state index contributed by atoms with van der Waals surface area (Å²) in [7, 11) is -1.73. The van der Waals surface area contributed by atoms with Gasteiger partial charge in [-0.15, -0.1) is 11.3 Å². The Hall–Kier alpha value is -1.90. The lowest BCUT2D eigenvalue weighted by molar-refractivity contribution is 0.582. The van der Waals surface area contributed by atoms with E-state index < -0.39 is 10.0 Å². The summed E-state index contributed by atoms with van der Waals surface area (Å²) >= 11 is 1.20. The highest BCUT2D eigenvalue weighted by Gasteiger charge is 2.14. The summed E-state index contributed by atoms with van der Waals surface area (Å²) in [6, 6.07) is 11.6. The summed E-state index contributed by atoms with van der Waals surface area (Å²) in [5.41, 5.74) is 2.41. The van der Waals surface area contributed by atoms with Gasteiger partial charge in [0, 0.05) is 20.1 Å². The topological polar surface area (TPSA) is 82.6 Å². The van der Waals surface area contributed by atoms with Gasteiger partial charge in [0.1, 0.15) is 4.21 Å². The fourth-order valence-corrected chi connectivity index (χ4v) is 4.47. The van der Waals surface area contributed by atoms with Gasteiger partial charge in [0.25, 0.3) is 0 Å². The third-order valence-corrected chi connectivity index (χ3v) is 6.56. The van der Waals surface area contributed by atoms with Crippen molar-refractivity contribution in [1.29, 1.82) is 0 Å². The molecule has 1 atom stereocenters. The Morgan fingerprint density at radius 2 is 1.96 bits per heavy atom. The Kier molecular flexibility index (Phi) is 6.98. The van der Waals surface area contributed by atoms with Crippen molar-refractivity contribution < 1.29 is 8.42 Å². The van der Waals surface area contributed by atoms with Gasteiger partial charge in [-0.3, -0.25) is 4.99 Å². The van der Waals surface area contributed by atoms with Crippen molar-refractivity contribution in [3.8, 4) is 0 Å². The number of nitrogens with zero attached hydrogens (tertiary/aromatic N) is 1. The normalized spacial score (nSPS) is 13.5. The first-order valence-corrected chi connectivity index (χ1v) is 10.4. The molecule has 0 spiro atoms. The monoisotopic (exact) mass is 380 g/mol. The van der Waals surface area contributed by atoms with Crippen LogP contribution in [0.1, 0.15) is 24.1 Å². The van der Waals surface area contributed by atoms with Crippen LogP contribution in [0, 0.1) is 6.92 Å². The average molecular weight is 381 g/mol. The molecule has 3 N–H and O–H groups in total. The largest absolute Gasteiger partial charge is 0.355 e. The third kappa shape index (κ3) is 5.55. The van der Waals surface area contributed by atoms with Gasteiger partial charge in [-0.2, -0.15) is 0 Å². The molecular formula is C17H24N4O2S2. The van der Waals surface area contributed by atoms with Crippen LogP contribution in [0.2, 0.25) is 0 Å². The van der Waals surface area contributed by atoms with E-state index in [4.69, 9.17) is 0 Å². The minimum absolute atomic E-state index is 0.0928. The summed E-state index contributed by atoms with van der Waals surface area (Å²) in [6.45, 7) is 4.85. The van der Waals surface area contributed by atoms with Crippen LogP contribution in [0.5, 0.6) is 0 Å². The maximum Gasteiger partial charge on any atom is 0.250 e. The van der Waals surface area contributed by atoms with Crippen LogP contribution in [0.25, 0.3) is 0 Å². The van der Waals surface area contributed by atoms with E-state index in [1.165, 1.54) is 22.5 Å². The maximum atomic E-state index is 12.0. The zero-order valence-corrected chi connectivity index (χ0v) is 16.2. The molecule has 2 aromatic rings. The van der Waals surface area contributed by atoms with Crippen LogP contribution >= 0.6 is 11.3 Å². The molecule has 2 rings (SSSR count). The summed E-state index contributed by atoms with van der Waals surface area (Å²) in [6.07, 6.45) is 0. The Morgan fingerprint density at radius 3 is 2.60 bits per heavy atom. The molecule has 1 aromatic carbocycles. The molecule has 0 radical (unpaired) electrons. The van der Waals surface area contributed by atoms with E-state index in [2.05, 4.69) is 46.3 Å². The Morgan fingerprint density at radius 1 is 1.20 bits per heavy atom. The Bertz CT molecular complexity index is 802. The number of nitrogens with one attached hydrogen (secondary N) is 3. The van der Waals surface area contributed by atoms with E-state index in [1.54, 1.807) is 24.6 Å². The van der Waals surface area contributed by atoms with Gasteiger partial charge in [-0.1, -0.05) is 30.3 Å². The third-order valence-electron chi connectivity index (χ3n) is 3.70. The molecule has 0 bridgehead atoms. The van der Waals surface area contributed by atoms with Crippen molar-refractivity contribution >= 4 is 27.3 Å².